The number of para-hydroxylation sites is 1. The molecule has 2 aromatic heterocycles. The van der Waals surface area contributed by atoms with Crippen molar-refractivity contribution in [3.05, 3.63) is 35.9 Å². The number of sulfone groups is 1. The van der Waals surface area contributed by atoms with E-state index in [9.17, 15) is 8.42 Å². The first kappa shape index (κ1) is 19.1. The van der Waals surface area contributed by atoms with Gasteiger partial charge in [-0.15, -0.1) is 10.2 Å². The molecule has 2 heterocycles. The first-order valence-electron chi connectivity index (χ1n) is 9.67. The second-order valence-corrected chi connectivity index (χ2v) is 10.7. The molecule has 8 nitrogen and oxygen atoms in total. The molecule has 0 aliphatic heterocycles. The number of rotatable bonds is 5. The SMILES string of the molecule is CS(=O)(=O)c1c(CC2CCC2)ccc(-c2cccc3sc(N)nc23)c1-c1nn[nH]n1. The maximum atomic E-state index is 13.0. The van der Waals surface area contributed by atoms with Gasteiger partial charge in [0.1, 0.15) is 0 Å². The second-order valence-electron chi connectivity index (χ2n) is 7.69. The molecular formula is C20H20N6O2S2. The summed E-state index contributed by atoms with van der Waals surface area (Å²) in [5.74, 6) is 0.761. The van der Waals surface area contributed by atoms with Crippen LogP contribution in [0, 0.1) is 5.92 Å². The molecule has 1 aliphatic rings. The lowest BCUT2D eigenvalue weighted by Gasteiger charge is -2.27. The van der Waals surface area contributed by atoms with Gasteiger partial charge in [0, 0.05) is 17.4 Å². The molecule has 5 rings (SSSR count). The molecule has 10 heteroatoms. The fourth-order valence-electron chi connectivity index (χ4n) is 4.12. The molecule has 0 bridgehead atoms. The van der Waals surface area contributed by atoms with Crippen LogP contribution in [0.1, 0.15) is 24.8 Å². The smallest absolute Gasteiger partial charge is 0.206 e. The summed E-state index contributed by atoms with van der Waals surface area (Å²) in [6, 6.07) is 9.64. The lowest BCUT2D eigenvalue weighted by Crippen LogP contribution is -2.16. The van der Waals surface area contributed by atoms with Crippen molar-refractivity contribution in [2.45, 2.75) is 30.6 Å². The fourth-order valence-corrected chi connectivity index (χ4v) is 6.08. The molecule has 2 aromatic carbocycles. The Morgan fingerprint density at radius 2 is 2.03 bits per heavy atom. The number of hydrogen-bond acceptors (Lipinski definition) is 8. The molecule has 0 unspecified atom stereocenters. The van der Waals surface area contributed by atoms with E-state index in [1.165, 1.54) is 24.0 Å². The Morgan fingerprint density at radius 1 is 1.20 bits per heavy atom. The summed E-state index contributed by atoms with van der Waals surface area (Å²) in [6.45, 7) is 0. The number of nitrogens with two attached hydrogens (primary N) is 1. The van der Waals surface area contributed by atoms with Crippen LogP contribution in [-0.4, -0.2) is 40.3 Å². The van der Waals surface area contributed by atoms with Crippen molar-refractivity contribution in [1.29, 1.82) is 0 Å². The fraction of sp³-hybridized carbons (Fsp3) is 0.300. The van der Waals surface area contributed by atoms with Gasteiger partial charge < -0.3 is 5.73 Å². The highest BCUT2D eigenvalue weighted by atomic mass is 32.2. The third-order valence-electron chi connectivity index (χ3n) is 5.64. The molecular weight excluding hydrogens is 420 g/mol. The van der Waals surface area contributed by atoms with Crippen LogP contribution in [0.5, 0.6) is 0 Å². The van der Waals surface area contributed by atoms with E-state index in [4.69, 9.17) is 5.73 Å². The van der Waals surface area contributed by atoms with Gasteiger partial charge in [-0.05, 0) is 34.7 Å². The van der Waals surface area contributed by atoms with Crippen molar-refractivity contribution < 1.29 is 8.42 Å². The number of benzene rings is 2. The molecule has 0 amide bonds. The monoisotopic (exact) mass is 440 g/mol. The molecule has 0 radical (unpaired) electrons. The van der Waals surface area contributed by atoms with E-state index in [1.54, 1.807) is 0 Å². The maximum Gasteiger partial charge on any atom is 0.206 e. The minimum atomic E-state index is -3.56. The van der Waals surface area contributed by atoms with Crippen molar-refractivity contribution in [1.82, 2.24) is 25.6 Å². The number of aromatic amines is 1. The van der Waals surface area contributed by atoms with Gasteiger partial charge in [0.2, 0.25) is 5.82 Å². The summed E-state index contributed by atoms with van der Waals surface area (Å²) in [7, 11) is -3.56. The number of thiazole rings is 1. The van der Waals surface area contributed by atoms with Crippen molar-refractivity contribution in [2.24, 2.45) is 5.92 Å². The van der Waals surface area contributed by atoms with Gasteiger partial charge >= 0.3 is 0 Å². The van der Waals surface area contributed by atoms with E-state index in [2.05, 4.69) is 25.6 Å². The van der Waals surface area contributed by atoms with E-state index in [1.807, 2.05) is 30.3 Å². The first-order valence-corrected chi connectivity index (χ1v) is 12.4. The number of nitrogens with zero attached hydrogens (tertiary/aromatic N) is 4. The number of aromatic nitrogens is 5. The van der Waals surface area contributed by atoms with Crippen LogP contribution in [0.3, 0.4) is 0 Å². The summed E-state index contributed by atoms with van der Waals surface area (Å²) in [5, 5.41) is 14.9. The average Bonchev–Trinajstić information content (AvgIpc) is 3.31. The predicted molar refractivity (Wildman–Crippen MR) is 117 cm³/mol. The third kappa shape index (κ3) is 3.25. The third-order valence-corrected chi connectivity index (χ3v) is 7.70. The maximum absolute atomic E-state index is 13.0. The van der Waals surface area contributed by atoms with E-state index in [0.29, 0.717) is 22.2 Å². The summed E-state index contributed by atoms with van der Waals surface area (Å²) >= 11 is 1.39. The van der Waals surface area contributed by atoms with Crippen LogP contribution in [0.25, 0.3) is 32.7 Å². The zero-order valence-corrected chi connectivity index (χ0v) is 17.9. The van der Waals surface area contributed by atoms with Gasteiger partial charge in [0.15, 0.2) is 15.0 Å². The molecule has 0 saturated heterocycles. The molecule has 154 valence electrons. The second kappa shape index (κ2) is 7.13. The lowest BCUT2D eigenvalue weighted by atomic mass is 9.80. The Morgan fingerprint density at radius 3 is 2.70 bits per heavy atom. The number of H-pyrrole nitrogens is 1. The van der Waals surface area contributed by atoms with Gasteiger partial charge in [0.25, 0.3) is 0 Å². The van der Waals surface area contributed by atoms with Gasteiger partial charge in [0.05, 0.1) is 15.1 Å². The minimum absolute atomic E-state index is 0.251. The van der Waals surface area contributed by atoms with Gasteiger partial charge in [-0.1, -0.05) is 54.9 Å². The zero-order chi connectivity index (χ0) is 20.9. The molecule has 3 N–H and O–H groups in total. The highest BCUT2D eigenvalue weighted by Crippen LogP contribution is 2.42. The predicted octanol–water partition coefficient (Wildman–Crippen LogP) is 3.47. The Balaban J connectivity index is 1.83. The molecule has 4 aromatic rings. The number of nitrogens with one attached hydrogen (secondary N) is 1. The number of nitrogen functional groups attached to an aromatic ring is 1. The molecule has 1 saturated carbocycles. The van der Waals surface area contributed by atoms with E-state index < -0.39 is 9.84 Å². The van der Waals surface area contributed by atoms with Crippen molar-refractivity contribution >= 4 is 36.5 Å². The van der Waals surface area contributed by atoms with Crippen LogP contribution in [0.2, 0.25) is 0 Å². The summed E-state index contributed by atoms with van der Waals surface area (Å²) < 4.78 is 26.9. The minimum Gasteiger partial charge on any atom is -0.375 e. The van der Waals surface area contributed by atoms with Crippen LogP contribution < -0.4 is 5.73 Å². The number of hydrogen-bond donors (Lipinski definition) is 2. The summed E-state index contributed by atoms with van der Waals surface area (Å²) in [6.07, 6.45) is 5.41. The molecule has 30 heavy (non-hydrogen) atoms. The highest BCUT2D eigenvalue weighted by molar-refractivity contribution is 7.91. The van der Waals surface area contributed by atoms with Crippen LogP contribution in [-0.2, 0) is 16.3 Å². The highest BCUT2D eigenvalue weighted by Gasteiger charge is 2.29. The van der Waals surface area contributed by atoms with Crippen LogP contribution in [0.4, 0.5) is 5.13 Å². The average molecular weight is 441 g/mol. The number of tetrazole rings is 1. The van der Waals surface area contributed by atoms with Crippen molar-refractivity contribution in [3.8, 4) is 22.5 Å². The summed E-state index contributed by atoms with van der Waals surface area (Å²) in [5.41, 5.74) is 9.43. The lowest BCUT2D eigenvalue weighted by molar-refractivity contribution is 0.313. The van der Waals surface area contributed by atoms with Crippen molar-refractivity contribution in [2.75, 3.05) is 12.0 Å². The molecule has 1 aliphatic carbocycles. The van der Waals surface area contributed by atoms with Gasteiger partial charge in [-0.3, -0.25) is 0 Å². The van der Waals surface area contributed by atoms with E-state index in [0.717, 1.165) is 40.6 Å². The Labute approximate surface area is 177 Å². The molecule has 0 atom stereocenters. The topological polar surface area (TPSA) is 128 Å². The number of fused-ring (bicyclic) bond motifs is 1. The Bertz CT molecular complexity index is 1340. The Kier molecular flexibility index (Phi) is 4.55. The van der Waals surface area contributed by atoms with E-state index in [-0.39, 0.29) is 10.7 Å². The molecule has 0 spiro atoms. The van der Waals surface area contributed by atoms with Gasteiger partial charge in [-0.25, -0.2) is 13.4 Å². The van der Waals surface area contributed by atoms with Crippen LogP contribution in [0.15, 0.2) is 35.2 Å². The molecule has 1 fully saturated rings. The normalized spacial score (nSPS) is 14.8. The number of anilines is 1. The standard InChI is InChI=1S/C20H20N6O2S2/c1-30(27,28)18-12(10-11-4-2-5-11)8-9-13(16(18)19-23-25-26-24-19)14-6-3-7-15-17(14)22-20(21)29-15/h3,6-9,11H,2,4-5,10H2,1H3,(H2,21,22)(H,23,24,25,26). The van der Waals surface area contributed by atoms with Crippen LogP contribution >= 0.6 is 11.3 Å². The first-order chi connectivity index (χ1) is 14.4. The quantitative estimate of drug-likeness (QED) is 0.486. The van der Waals surface area contributed by atoms with Crippen molar-refractivity contribution in [3.63, 3.8) is 0 Å². The Hall–Kier alpha value is -2.85. The zero-order valence-electron chi connectivity index (χ0n) is 16.3. The summed E-state index contributed by atoms with van der Waals surface area (Å²) in [4.78, 5) is 4.75. The van der Waals surface area contributed by atoms with E-state index >= 15 is 0 Å². The largest absolute Gasteiger partial charge is 0.375 e. The van der Waals surface area contributed by atoms with Gasteiger partial charge in [-0.2, -0.15) is 5.21 Å².